The van der Waals surface area contributed by atoms with Gasteiger partial charge in [0.2, 0.25) is 0 Å². The van der Waals surface area contributed by atoms with Crippen molar-refractivity contribution in [2.45, 2.75) is 46.0 Å². The second kappa shape index (κ2) is 6.91. The van der Waals surface area contributed by atoms with Gasteiger partial charge < -0.3 is 10.2 Å². The average Bonchev–Trinajstić information content (AvgIpc) is 2.90. The van der Waals surface area contributed by atoms with Crippen LogP contribution in [0.5, 0.6) is 0 Å². The third-order valence-electron chi connectivity index (χ3n) is 5.00. The van der Waals surface area contributed by atoms with E-state index in [1.165, 1.54) is 45.3 Å². The predicted octanol–water partition coefficient (Wildman–Crippen LogP) is 2.99. The number of nitrogens with zero attached hydrogens (tertiary/aromatic N) is 1. The monoisotopic (exact) mass is 252 g/mol. The van der Waals surface area contributed by atoms with Crippen molar-refractivity contribution in [1.29, 1.82) is 0 Å². The summed E-state index contributed by atoms with van der Waals surface area (Å²) in [5.74, 6) is 4.01. The molecule has 106 valence electrons. The molecule has 0 amide bonds. The lowest BCUT2D eigenvalue weighted by molar-refractivity contribution is 0.220. The smallest absolute Gasteiger partial charge is 0.0104 e. The summed E-state index contributed by atoms with van der Waals surface area (Å²) in [6.45, 7) is 9.48. The first-order chi connectivity index (χ1) is 8.65. The summed E-state index contributed by atoms with van der Waals surface area (Å²) in [6, 6.07) is 0. The number of nitrogens with one attached hydrogen (secondary N) is 1. The fourth-order valence-electron chi connectivity index (χ4n) is 3.88. The number of fused-ring (bicyclic) bond motifs is 2. The standard InChI is InChI=1S/C16H32N2/c1-13(2)6-7-17-8-9-18(3)12-16-11-14-4-5-15(16)10-14/h13-17H,4-12H2,1-3H3. The van der Waals surface area contributed by atoms with Gasteiger partial charge in [-0.15, -0.1) is 0 Å². The molecule has 3 unspecified atom stereocenters. The summed E-state index contributed by atoms with van der Waals surface area (Å²) in [6.07, 6.45) is 7.43. The lowest BCUT2D eigenvalue weighted by Crippen LogP contribution is -2.34. The van der Waals surface area contributed by atoms with Crippen molar-refractivity contribution < 1.29 is 0 Å². The van der Waals surface area contributed by atoms with E-state index < -0.39 is 0 Å². The molecule has 2 rings (SSSR count). The van der Waals surface area contributed by atoms with Crippen molar-refractivity contribution in [2.24, 2.45) is 23.7 Å². The molecule has 2 saturated carbocycles. The van der Waals surface area contributed by atoms with Gasteiger partial charge in [0.1, 0.15) is 0 Å². The Morgan fingerprint density at radius 2 is 2.00 bits per heavy atom. The Morgan fingerprint density at radius 3 is 2.61 bits per heavy atom. The number of hydrogen-bond donors (Lipinski definition) is 1. The molecule has 0 aromatic rings. The minimum absolute atomic E-state index is 0.823. The molecule has 0 saturated heterocycles. The Kier molecular flexibility index (Phi) is 5.50. The van der Waals surface area contributed by atoms with Crippen molar-refractivity contribution in [3.05, 3.63) is 0 Å². The molecule has 0 spiro atoms. The zero-order chi connectivity index (χ0) is 13.0. The minimum atomic E-state index is 0.823. The first kappa shape index (κ1) is 14.3. The Labute approximate surface area is 114 Å². The second-order valence-corrected chi connectivity index (χ2v) is 7.13. The van der Waals surface area contributed by atoms with Gasteiger partial charge in [-0.25, -0.2) is 0 Å². The lowest BCUT2D eigenvalue weighted by atomic mass is 9.88. The summed E-state index contributed by atoms with van der Waals surface area (Å²) in [5, 5.41) is 3.56. The van der Waals surface area contributed by atoms with E-state index in [1.807, 2.05) is 0 Å². The number of rotatable bonds is 8. The topological polar surface area (TPSA) is 15.3 Å². The van der Waals surface area contributed by atoms with E-state index in [4.69, 9.17) is 0 Å². The highest BCUT2D eigenvalue weighted by molar-refractivity contribution is 4.90. The summed E-state index contributed by atoms with van der Waals surface area (Å²) in [4.78, 5) is 2.55. The molecule has 3 atom stereocenters. The molecule has 0 aromatic carbocycles. The number of likely N-dealkylation sites (N-methyl/N-ethyl adjacent to an activating group) is 1. The Balaban J connectivity index is 1.51. The molecule has 0 aromatic heterocycles. The Morgan fingerprint density at radius 1 is 1.17 bits per heavy atom. The highest BCUT2D eigenvalue weighted by Crippen LogP contribution is 2.48. The molecule has 1 N–H and O–H groups in total. The van der Waals surface area contributed by atoms with Crippen LogP contribution < -0.4 is 5.32 Å². The first-order valence-electron chi connectivity index (χ1n) is 8.04. The van der Waals surface area contributed by atoms with Crippen molar-refractivity contribution >= 4 is 0 Å². The van der Waals surface area contributed by atoms with E-state index >= 15 is 0 Å². The zero-order valence-corrected chi connectivity index (χ0v) is 12.6. The van der Waals surface area contributed by atoms with Crippen molar-refractivity contribution in [3.8, 4) is 0 Å². The van der Waals surface area contributed by atoms with Gasteiger partial charge in [-0.05, 0) is 62.9 Å². The fraction of sp³-hybridized carbons (Fsp3) is 1.00. The van der Waals surface area contributed by atoms with Crippen molar-refractivity contribution in [2.75, 3.05) is 33.2 Å². The van der Waals surface area contributed by atoms with E-state index in [0.717, 1.165) is 30.2 Å². The van der Waals surface area contributed by atoms with Crippen LogP contribution in [0.15, 0.2) is 0 Å². The van der Waals surface area contributed by atoms with E-state index in [9.17, 15) is 0 Å². The van der Waals surface area contributed by atoms with E-state index in [-0.39, 0.29) is 0 Å². The molecular weight excluding hydrogens is 220 g/mol. The Bertz CT molecular complexity index is 239. The fourth-order valence-corrected chi connectivity index (χ4v) is 3.88. The van der Waals surface area contributed by atoms with Crippen LogP contribution in [0.2, 0.25) is 0 Å². The summed E-state index contributed by atoms with van der Waals surface area (Å²) in [7, 11) is 2.30. The molecule has 2 heteroatoms. The van der Waals surface area contributed by atoms with E-state index in [0.29, 0.717) is 0 Å². The Hall–Kier alpha value is -0.0800. The van der Waals surface area contributed by atoms with Crippen LogP contribution >= 0.6 is 0 Å². The average molecular weight is 252 g/mol. The molecule has 0 aliphatic heterocycles. The van der Waals surface area contributed by atoms with Crippen LogP contribution in [0.4, 0.5) is 0 Å². The summed E-state index contributed by atoms with van der Waals surface area (Å²) >= 11 is 0. The maximum Gasteiger partial charge on any atom is 0.0104 e. The van der Waals surface area contributed by atoms with Gasteiger partial charge in [-0.1, -0.05) is 20.3 Å². The predicted molar refractivity (Wildman–Crippen MR) is 78.8 cm³/mol. The first-order valence-corrected chi connectivity index (χ1v) is 8.04. The largest absolute Gasteiger partial charge is 0.315 e. The number of hydrogen-bond acceptors (Lipinski definition) is 2. The van der Waals surface area contributed by atoms with E-state index in [1.54, 1.807) is 6.42 Å². The third kappa shape index (κ3) is 4.24. The highest BCUT2D eigenvalue weighted by Gasteiger charge is 2.39. The second-order valence-electron chi connectivity index (χ2n) is 7.13. The van der Waals surface area contributed by atoms with Crippen LogP contribution in [0.3, 0.4) is 0 Å². The van der Waals surface area contributed by atoms with Crippen LogP contribution in [0.25, 0.3) is 0 Å². The SMILES string of the molecule is CC(C)CCNCCN(C)CC1CC2CCC1C2. The van der Waals surface area contributed by atoms with E-state index in [2.05, 4.69) is 31.1 Å². The molecular formula is C16H32N2. The van der Waals surface area contributed by atoms with Gasteiger partial charge in [0.05, 0.1) is 0 Å². The van der Waals surface area contributed by atoms with Gasteiger partial charge in [-0.3, -0.25) is 0 Å². The van der Waals surface area contributed by atoms with Gasteiger partial charge in [0, 0.05) is 19.6 Å². The van der Waals surface area contributed by atoms with Gasteiger partial charge in [-0.2, -0.15) is 0 Å². The molecule has 2 aliphatic rings. The summed E-state index contributed by atoms with van der Waals surface area (Å²) < 4.78 is 0. The quantitative estimate of drug-likeness (QED) is 0.668. The summed E-state index contributed by atoms with van der Waals surface area (Å²) in [5.41, 5.74) is 0. The van der Waals surface area contributed by atoms with Crippen LogP contribution in [0, 0.1) is 23.7 Å². The van der Waals surface area contributed by atoms with Crippen LogP contribution in [-0.4, -0.2) is 38.1 Å². The van der Waals surface area contributed by atoms with Gasteiger partial charge in [0.25, 0.3) is 0 Å². The molecule has 2 aliphatic carbocycles. The van der Waals surface area contributed by atoms with Gasteiger partial charge in [0.15, 0.2) is 0 Å². The molecule has 2 bridgehead atoms. The molecule has 0 heterocycles. The molecule has 18 heavy (non-hydrogen) atoms. The molecule has 2 nitrogen and oxygen atoms in total. The van der Waals surface area contributed by atoms with Crippen LogP contribution in [0.1, 0.15) is 46.0 Å². The normalized spacial score (nSPS) is 30.8. The highest BCUT2D eigenvalue weighted by atomic mass is 15.1. The maximum absolute atomic E-state index is 3.56. The van der Waals surface area contributed by atoms with Crippen molar-refractivity contribution in [1.82, 2.24) is 10.2 Å². The van der Waals surface area contributed by atoms with Crippen molar-refractivity contribution in [3.63, 3.8) is 0 Å². The van der Waals surface area contributed by atoms with Gasteiger partial charge >= 0.3 is 0 Å². The zero-order valence-electron chi connectivity index (χ0n) is 12.6. The molecule has 0 radical (unpaired) electrons. The lowest BCUT2D eigenvalue weighted by Gasteiger charge is -2.27. The third-order valence-corrected chi connectivity index (χ3v) is 5.00. The minimum Gasteiger partial charge on any atom is -0.315 e. The molecule has 2 fully saturated rings. The maximum atomic E-state index is 3.56. The van der Waals surface area contributed by atoms with Crippen LogP contribution in [-0.2, 0) is 0 Å².